The first-order valence-corrected chi connectivity index (χ1v) is 5.02. The lowest BCUT2D eigenvalue weighted by atomic mass is 10.2. The molecule has 0 aliphatic rings. The first-order chi connectivity index (χ1) is 7.59. The van der Waals surface area contributed by atoms with Crippen molar-refractivity contribution in [2.45, 2.75) is 19.4 Å². The van der Waals surface area contributed by atoms with Crippen molar-refractivity contribution in [1.29, 1.82) is 0 Å². The number of primary amides is 1. The summed E-state index contributed by atoms with van der Waals surface area (Å²) in [5.41, 5.74) is 5.23. The highest BCUT2D eigenvalue weighted by molar-refractivity contribution is 5.73. The van der Waals surface area contributed by atoms with Gasteiger partial charge in [0, 0.05) is 18.5 Å². The van der Waals surface area contributed by atoms with E-state index in [0.717, 1.165) is 18.2 Å². The Morgan fingerprint density at radius 1 is 1.38 bits per heavy atom. The van der Waals surface area contributed by atoms with Crippen molar-refractivity contribution in [3.63, 3.8) is 0 Å². The summed E-state index contributed by atoms with van der Waals surface area (Å²) in [6, 6.07) is 3.32. The van der Waals surface area contributed by atoms with Gasteiger partial charge in [0.2, 0.25) is 5.91 Å². The highest BCUT2D eigenvalue weighted by Crippen LogP contribution is 2.09. The second kappa shape index (κ2) is 6.17. The normalized spacial score (nSPS) is 10.4. The van der Waals surface area contributed by atoms with Crippen LogP contribution in [0.3, 0.4) is 0 Å². The lowest BCUT2D eigenvalue weighted by molar-refractivity contribution is -0.118. The molecule has 1 aromatic carbocycles. The van der Waals surface area contributed by atoms with Gasteiger partial charge in [0.1, 0.15) is 11.6 Å². The van der Waals surface area contributed by atoms with E-state index in [9.17, 15) is 13.6 Å². The summed E-state index contributed by atoms with van der Waals surface area (Å²) in [6.07, 6.45) is 0.880. The van der Waals surface area contributed by atoms with Crippen LogP contribution in [0.2, 0.25) is 0 Å². The van der Waals surface area contributed by atoms with Gasteiger partial charge in [-0.3, -0.25) is 4.79 Å². The third kappa shape index (κ3) is 4.35. The Kier molecular flexibility index (Phi) is 4.85. The number of nitrogens with two attached hydrogens (primary N) is 1. The molecule has 1 rings (SSSR count). The van der Waals surface area contributed by atoms with Crippen LogP contribution in [-0.2, 0) is 11.3 Å². The summed E-state index contributed by atoms with van der Waals surface area (Å²) in [6.45, 7) is 0.779. The fourth-order valence-electron chi connectivity index (χ4n) is 1.29. The molecular weight excluding hydrogens is 214 g/mol. The average molecular weight is 228 g/mol. The maximum Gasteiger partial charge on any atom is 0.217 e. The summed E-state index contributed by atoms with van der Waals surface area (Å²) >= 11 is 0. The Balaban J connectivity index is 2.31. The molecule has 88 valence electrons. The predicted molar refractivity (Wildman–Crippen MR) is 56.5 cm³/mol. The zero-order chi connectivity index (χ0) is 12.0. The maximum absolute atomic E-state index is 13.1. The molecule has 0 bridgehead atoms. The van der Waals surface area contributed by atoms with Crippen molar-refractivity contribution in [1.82, 2.24) is 5.32 Å². The first kappa shape index (κ1) is 12.6. The molecule has 0 spiro atoms. The number of hydrogen-bond donors (Lipinski definition) is 2. The second-order valence-electron chi connectivity index (χ2n) is 3.48. The van der Waals surface area contributed by atoms with Gasteiger partial charge in [-0.2, -0.15) is 0 Å². The van der Waals surface area contributed by atoms with Gasteiger partial charge >= 0.3 is 0 Å². The zero-order valence-electron chi connectivity index (χ0n) is 8.80. The van der Waals surface area contributed by atoms with Crippen LogP contribution in [0, 0.1) is 11.6 Å². The molecule has 5 heteroatoms. The standard InChI is InChI=1S/C11H14F2N2O/c12-9-3-4-10(13)8(6-9)7-15-5-1-2-11(14)16/h3-4,6,15H,1-2,5,7H2,(H2,14,16). The van der Waals surface area contributed by atoms with E-state index in [0.29, 0.717) is 19.4 Å². The molecule has 0 radical (unpaired) electrons. The van der Waals surface area contributed by atoms with E-state index in [4.69, 9.17) is 5.73 Å². The SMILES string of the molecule is NC(=O)CCCNCc1cc(F)ccc1F. The van der Waals surface area contributed by atoms with Gasteiger partial charge < -0.3 is 11.1 Å². The van der Waals surface area contributed by atoms with Gasteiger partial charge in [-0.25, -0.2) is 8.78 Å². The quantitative estimate of drug-likeness (QED) is 0.721. The van der Waals surface area contributed by atoms with Crippen LogP contribution in [0.5, 0.6) is 0 Å². The molecule has 3 nitrogen and oxygen atoms in total. The second-order valence-corrected chi connectivity index (χ2v) is 3.48. The van der Waals surface area contributed by atoms with Crippen molar-refractivity contribution in [3.8, 4) is 0 Å². The summed E-state index contributed by atoms with van der Waals surface area (Å²) in [4.78, 5) is 10.4. The number of rotatable bonds is 6. The Hall–Kier alpha value is -1.49. The Bertz CT molecular complexity index is 369. The predicted octanol–water partition coefficient (Wildman–Crippen LogP) is 1.32. The maximum atomic E-state index is 13.1. The number of halogens is 2. The number of benzene rings is 1. The lowest BCUT2D eigenvalue weighted by Crippen LogP contribution is -2.18. The van der Waals surface area contributed by atoms with E-state index < -0.39 is 11.6 Å². The monoisotopic (exact) mass is 228 g/mol. The molecule has 0 aliphatic carbocycles. The first-order valence-electron chi connectivity index (χ1n) is 5.02. The molecule has 16 heavy (non-hydrogen) atoms. The van der Waals surface area contributed by atoms with Crippen LogP contribution >= 0.6 is 0 Å². The molecule has 0 saturated carbocycles. The van der Waals surface area contributed by atoms with Crippen LogP contribution in [0.4, 0.5) is 8.78 Å². The van der Waals surface area contributed by atoms with Gasteiger partial charge in [-0.1, -0.05) is 0 Å². The Morgan fingerprint density at radius 3 is 2.81 bits per heavy atom. The van der Waals surface area contributed by atoms with Gasteiger partial charge in [0.25, 0.3) is 0 Å². The number of carbonyl (C=O) groups excluding carboxylic acids is 1. The fourth-order valence-corrected chi connectivity index (χ4v) is 1.29. The molecule has 0 unspecified atom stereocenters. The van der Waals surface area contributed by atoms with Crippen LogP contribution in [0.1, 0.15) is 18.4 Å². The minimum atomic E-state index is -0.463. The van der Waals surface area contributed by atoms with Crippen molar-refractivity contribution >= 4 is 5.91 Å². The van der Waals surface area contributed by atoms with Gasteiger partial charge in [0.15, 0.2) is 0 Å². The van der Waals surface area contributed by atoms with E-state index in [-0.39, 0.29) is 18.0 Å². The fraction of sp³-hybridized carbons (Fsp3) is 0.364. The topological polar surface area (TPSA) is 55.1 Å². The van der Waals surface area contributed by atoms with Gasteiger partial charge in [0.05, 0.1) is 0 Å². The summed E-state index contributed by atoms with van der Waals surface area (Å²) < 4.78 is 25.9. The molecule has 0 aromatic heterocycles. The molecule has 0 atom stereocenters. The largest absolute Gasteiger partial charge is 0.370 e. The van der Waals surface area contributed by atoms with Crippen molar-refractivity contribution in [3.05, 3.63) is 35.4 Å². The number of amides is 1. The van der Waals surface area contributed by atoms with E-state index >= 15 is 0 Å². The Morgan fingerprint density at radius 2 is 2.12 bits per heavy atom. The van der Waals surface area contributed by atoms with E-state index in [1.54, 1.807) is 0 Å². The molecule has 0 fully saturated rings. The summed E-state index contributed by atoms with van der Waals surface area (Å²) in [7, 11) is 0. The van der Waals surface area contributed by atoms with Crippen LogP contribution in [-0.4, -0.2) is 12.5 Å². The number of nitrogens with one attached hydrogen (secondary N) is 1. The van der Waals surface area contributed by atoms with E-state index in [1.165, 1.54) is 0 Å². The smallest absolute Gasteiger partial charge is 0.217 e. The number of carbonyl (C=O) groups is 1. The summed E-state index contributed by atoms with van der Waals surface area (Å²) in [5, 5.41) is 2.91. The minimum Gasteiger partial charge on any atom is -0.370 e. The average Bonchev–Trinajstić information content (AvgIpc) is 2.22. The molecule has 3 N–H and O–H groups in total. The van der Waals surface area contributed by atoms with Crippen LogP contribution in [0.25, 0.3) is 0 Å². The third-order valence-electron chi connectivity index (χ3n) is 2.10. The zero-order valence-corrected chi connectivity index (χ0v) is 8.80. The van der Waals surface area contributed by atoms with E-state index in [2.05, 4.69) is 5.32 Å². The number of hydrogen-bond acceptors (Lipinski definition) is 2. The highest BCUT2D eigenvalue weighted by atomic mass is 19.1. The molecule has 0 saturated heterocycles. The minimum absolute atomic E-state index is 0.238. The van der Waals surface area contributed by atoms with Gasteiger partial charge in [-0.15, -0.1) is 0 Å². The van der Waals surface area contributed by atoms with Crippen LogP contribution in [0.15, 0.2) is 18.2 Å². The van der Waals surface area contributed by atoms with E-state index in [1.807, 2.05) is 0 Å². The Labute approximate surface area is 92.6 Å². The molecule has 1 amide bonds. The van der Waals surface area contributed by atoms with Crippen molar-refractivity contribution in [2.24, 2.45) is 5.73 Å². The van der Waals surface area contributed by atoms with Crippen molar-refractivity contribution in [2.75, 3.05) is 6.54 Å². The third-order valence-corrected chi connectivity index (χ3v) is 2.10. The summed E-state index contributed by atoms with van der Waals surface area (Å²) in [5.74, 6) is -1.27. The molecule has 0 aliphatic heterocycles. The highest BCUT2D eigenvalue weighted by Gasteiger charge is 2.03. The molecule has 1 aromatic rings. The van der Waals surface area contributed by atoms with Gasteiger partial charge in [-0.05, 0) is 31.2 Å². The molecule has 0 heterocycles. The van der Waals surface area contributed by atoms with Crippen molar-refractivity contribution < 1.29 is 13.6 Å². The van der Waals surface area contributed by atoms with Crippen LogP contribution < -0.4 is 11.1 Å². The lowest BCUT2D eigenvalue weighted by Gasteiger charge is -2.05. The molecular formula is C11H14F2N2O.